The van der Waals surface area contributed by atoms with Crippen molar-refractivity contribution in [1.29, 1.82) is 0 Å². The van der Waals surface area contributed by atoms with Crippen LogP contribution >= 0.6 is 0 Å². The van der Waals surface area contributed by atoms with Crippen molar-refractivity contribution >= 4 is 11.8 Å². The van der Waals surface area contributed by atoms with Gasteiger partial charge in [-0.3, -0.25) is 14.6 Å². The second-order valence-corrected chi connectivity index (χ2v) is 7.28. The number of carbonyl (C=O) groups is 2. The predicted octanol–water partition coefficient (Wildman–Crippen LogP) is 3.34. The first-order valence-corrected chi connectivity index (χ1v) is 9.63. The molecule has 1 aromatic heterocycles. The number of pyridine rings is 1. The van der Waals surface area contributed by atoms with Gasteiger partial charge in [-0.1, -0.05) is 23.8 Å². The lowest BCUT2D eigenvalue weighted by molar-refractivity contribution is -0.121. The highest BCUT2D eigenvalue weighted by atomic mass is 16.2. The number of nitrogens with one attached hydrogen (secondary N) is 1. The van der Waals surface area contributed by atoms with Crippen LogP contribution in [0.15, 0.2) is 48.8 Å². The van der Waals surface area contributed by atoms with E-state index in [0.29, 0.717) is 18.9 Å². The van der Waals surface area contributed by atoms with E-state index >= 15 is 0 Å². The molecule has 0 atom stereocenters. The smallest absolute Gasteiger partial charge is 0.253 e. The standard InChI is InChI=1S/C22H27N3O2/c1-17-4-7-20(8-5-17)22(27)25-13-10-18(11-14-25)6-9-21(26)24-16-19-3-2-12-23-15-19/h2-5,7-8,12,15,18H,6,9-11,13-14,16H2,1H3,(H,24,26). The summed E-state index contributed by atoms with van der Waals surface area (Å²) in [5.41, 5.74) is 2.93. The van der Waals surface area contributed by atoms with Crippen LogP contribution < -0.4 is 5.32 Å². The van der Waals surface area contributed by atoms with Crippen molar-refractivity contribution in [3.63, 3.8) is 0 Å². The SMILES string of the molecule is Cc1ccc(C(=O)N2CCC(CCC(=O)NCc3cccnc3)CC2)cc1. The Bertz CT molecular complexity index is 751. The highest BCUT2D eigenvalue weighted by Gasteiger charge is 2.23. The van der Waals surface area contributed by atoms with E-state index in [2.05, 4.69) is 10.3 Å². The monoisotopic (exact) mass is 365 g/mol. The number of piperidine rings is 1. The Hall–Kier alpha value is -2.69. The highest BCUT2D eigenvalue weighted by molar-refractivity contribution is 5.94. The Morgan fingerprint density at radius 3 is 2.56 bits per heavy atom. The fraction of sp³-hybridized carbons (Fsp3) is 0.409. The molecule has 1 fully saturated rings. The highest BCUT2D eigenvalue weighted by Crippen LogP contribution is 2.23. The first-order valence-electron chi connectivity index (χ1n) is 9.63. The number of benzene rings is 1. The summed E-state index contributed by atoms with van der Waals surface area (Å²) in [6.07, 6.45) is 6.84. The maximum Gasteiger partial charge on any atom is 0.253 e. The van der Waals surface area contributed by atoms with Gasteiger partial charge in [0.1, 0.15) is 0 Å². The van der Waals surface area contributed by atoms with Crippen LogP contribution in [-0.4, -0.2) is 34.8 Å². The number of nitrogens with zero attached hydrogens (tertiary/aromatic N) is 2. The minimum absolute atomic E-state index is 0.0806. The molecular weight excluding hydrogens is 338 g/mol. The normalized spacial score (nSPS) is 14.8. The molecule has 5 nitrogen and oxygen atoms in total. The fourth-order valence-electron chi connectivity index (χ4n) is 3.43. The molecule has 0 aliphatic carbocycles. The quantitative estimate of drug-likeness (QED) is 0.854. The van der Waals surface area contributed by atoms with Crippen LogP contribution in [0, 0.1) is 12.8 Å². The molecule has 2 amide bonds. The Labute approximate surface area is 160 Å². The van der Waals surface area contributed by atoms with Crippen molar-refractivity contribution in [2.45, 2.75) is 39.2 Å². The molecule has 5 heteroatoms. The van der Waals surface area contributed by atoms with E-state index in [0.717, 1.165) is 49.0 Å². The summed E-state index contributed by atoms with van der Waals surface area (Å²) in [5, 5.41) is 2.95. The lowest BCUT2D eigenvalue weighted by Gasteiger charge is -2.32. The number of aromatic nitrogens is 1. The van der Waals surface area contributed by atoms with Crippen LogP contribution in [0.1, 0.15) is 47.2 Å². The number of hydrogen-bond acceptors (Lipinski definition) is 3. The van der Waals surface area contributed by atoms with Gasteiger partial charge in [0, 0.05) is 44.0 Å². The Kier molecular flexibility index (Phi) is 6.58. The van der Waals surface area contributed by atoms with Gasteiger partial charge >= 0.3 is 0 Å². The molecule has 2 heterocycles. The first kappa shape index (κ1) is 19.1. The number of aryl methyl sites for hydroxylation is 1. The molecule has 27 heavy (non-hydrogen) atoms. The molecule has 1 aliphatic rings. The molecule has 0 spiro atoms. The molecule has 0 saturated carbocycles. The van der Waals surface area contributed by atoms with Crippen LogP contribution in [0.3, 0.4) is 0 Å². The molecule has 0 unspecified atom stereocenters. The van der Waals surface area contributed by atoms with Crippen molar-refractivity contribution in [2.24, 2.45) is 5.92 Å². The fourth-order valence-corrected chi connectivity index (χ4v) is 3.43. The van der Waals surface area contributed by atoms with Crippen molar-refractivity contribution in [3.8, 4) is 0 Å². The molecule has 1 aliphatic heterocycles. The maximum atomic E-state index is 12.6. The summed E-state index contributed by atoms with van der Waals surface area (Å²) in [6.45, 7) is 4.09. The van der Waals surface area contributed by atoms with E-state index in [1.54, 1.807) is 12.4 Å². The summed E-state index contributed by atoms with van der Waals surface area (Å²) in [4.78, 5) is 30.6. The third-order valence-corrected chi connectivity index (χ3v) is 5.19. The van der Waals surface area contributed by atoms with Crippen LogP contribution in [-0.2, 0) is 11.3 Å². The van der Waals surface area contributed by atoms with Gasteiger partial charge in [-0.05, 0) is 55.9 Å². The second-order valence-electron chi connectivity index (χ2n) is 7.28. The summed E-state index contributed by atoms with van der Waals surface area (Å²) in [7, 11) is 0. The molecule has 0 bridgehead atoms. The second kappa shape index (κ2) is 9.31. The zero-order chi connectivity index (χ0) is 19.1. The summed E-state index contributed by atoms with van der Waals surface area (Å²) >= 11 is 0. The van der Waals surface area contributed by atoms with E-state index in [4.69, 9.17) is 0 Å². The number of likely N-dealkylation sites (tertiary alicyclic amines) is 1. The average molecular weight is 365 g/mol. The van der Waals surface area contributed by atoms with Gasteiger partial charge in [-0.15, -0.1) is 0 Å². The average Bonchev–Trinajstić information content (AvgIpc) is 2.72. The zero-order valence-electron chi connectivity index (χ0n) is 15.9. The van der Waals surface area contributed by atoms with Gasteiger partial charge in [0.25, 0.3) is 5.91 Å². The van der Waals surface area contributed by atoms with Crippen molar-refractivity contribution in [2.75, 3.05) is 13.1 Å². The van der Waals surface area contributed by atoms with Gasteiger partial charge < -0.3 is 10.2 Å². The van der Waals surface area contributed by atoms with Crippen molar-refractivity contribution in [3.05, 3.63) is 65.5 Å². The van der Waals surface area contributed by atoms with E-state index in [-0.39, 0.29) is 11.8 Å². The van der Waals surface area contributed by atoms with E-state index < -0.39 is 0 Å². The molecular formula is C22H27N3O2. The Morgan fingerprint density at radius 1 is 1.15 bits per heavy atom. The van der Waals surface area contributed by atoms with Gasteiger partial charge in [-0.25, -0.2) is 0 Å². The van der Waals surface area contributed by atoms with Crippen LogP contribution in [0.2, 0.25) is 0 Å². The number of carbonyl (C=O) groups excluding carboxylic acids is 2. The Morgan fingerprint density at radius 2 is 1.89 bits per heavy atom. The largest absolute Gasteiger partial charge is 0.352 e. The van der Waals surface area contributed by atoms with Crippen LogP contribution in [0.4, 0.5) is 0 Å². The minimum Gasteiger partial charge on any atom is -0.352 e. The number of rotatable bonds is 6. The lowest BCUT2D eigenvalue weighted by Crippen LogP contribution is -2.38. The summed E-state index contributed by atoms with van der Waals surface area (Å²) in [6, 6.07) is 11.6. The minimum atomic E-state index is 0.0806. The van der Waals surface area contributed by atoms with Gasteiger partial charge in [-0.2, -0.15) is 0 Å². The maximum absolute atomic E-state index is 12.6. The predicted molar refractivity (Wildman–Crippen MR) is 105 cm³/mol. The molecule has 1 saturated heterocycles. The summed E-state index contributed by atoms with van der Waals surface area (Å²) in [5.74, 6) is 0.705. The Balaban J connectivity index is 1.37. The molecule has 1 aromatic carbocycles. The molecule has 2 aromatic rings. The third kappa shape index (κ3) is 5.64. The van der Waals surface area contributed by atoms with Crippen LogP contribution in [0.5, 0.6) is 0 Å². The lowest BCUT2D eigenvalue weighted by atomic mass is 9.91. The van der Waals surface area contributed by atoms with Crippen molar-refractivity contribution in [1.82, 2.24) is 15.2 Å². The van der Waals surface area contributed by atoms with E-state index in [1.807, 2.05) is 48.2 Å². The third-order valence-electron chi connectivity index (χ3n) is 5.19. The zero-order valence-corrected chi connectivity index (χ0v) is 15.9. The van der Waals surface area contributed by atoms with E-state index in [1.165, 1.54) is 0 Å². The van der Waals surface area contributed by atoms with E-state index in [9.17, 15) is 9.59 Å². The van der Waals surface area contributed by atoms with Gasteiger partial charge in [0.2, 0.25) is 5.91 Å². The molecule has 1 N–H and O–H groups in total. The van der Waals surface area contributed by atoms with Gasteiger partial charge in [0.15, 0.2) is 0 Å². The molecule has 3 rings (SSSR count). The van der Waals surface area contributed by atoms with Crippen LogP contribution in [0.25, 0.3) is 0 Å². The first-order chi connectivity index (χ1) is 13.1. The van der Waals surface area contributed by atoms with Crippen molar-refractivity contribution < 1.29 is 9.59 Å². The number of hydrogen-bond donors (Lipinski definition) is 1. The molecule has 0 radical (unpaired) electrons. The topological polar surface area (TPSA) is 62.3 Å². The summed E-state index contributed by atoms with van der Waals surface area (Å²) < 4.78 is 0. The molecule has 142 valence electrons. The number of amides is 2. The van der Waals surface area contributed by atoms with Gasteiger partial charge in [0.05, 0.1) is 0 Å².